The van der Waals surface area contributed by atoms with Crippen molar-refractivity contribution in [3.8, 4) is 0 Å². The number of hydrogen-bond donors (Lipinski definition) is 1. The fraction of sp³-hybridized carbons (Fsp3) is 0.500. The van der Waals surface area contributed by atoms with Crippen LogP contribution in [-0.2, 0) is 0 Å². The smallest absolute Gasteiger partial charge is 0.0932 e. The molecule has 0 aliphatic heterocycles. The van der Waals surface area contributed by atoms with Crippen molar-refractivity contribution in [2.24, 2.45) is 0 Å². The first kappa shape index (κ1) is 13.9. The minimum Gasteiger partial charge on any atom is -0.314 e. The van der Waals surface area contributed by atoms with Gasteiger partial charge in [0.1, 0.15) is 0 Å². The Balaban J connectivity index is 2.35. The van der Waals surface area contributed by atoms with E-state index in [4.69, 9.17) is 0 Å². The highest BCUT2D eigenvalue weighted by Gasteiger charge is 2.19. The van der Waals surface area contributed by atoms with E-state index in [2.05, 4.69) is 48.4 Å². The predicted octanol–water partition coefficient (Wildman–Crippen LogP) is 3.51. The van der Waals surface area contributed by atoms with Gasteiger partial charge in [0, 0.05) is 17.3 Å². The van der Waals surface area contributed by atoms with Crippen LogP contribution in [0, 0.1) is 0 Å². The normalized spacial score (nSPS) is 14.5. The first-order valence-corrected chi connectivity index (χ1v) is 7.21. The molecular weight excluding hydrogens is 234 g/mol. The van der Waals surface area contributed by atoms with Crippen LogP contribution in [0.2, 0.25) is 0 Å². The Labute approximate surface area is 115 Å². The van der Waals surface area contributed by atoms with Crippen molar-refractivity contribution in [3.05, 3.63) is 36.0 Å². The van der Waals surface area contributed by atoms with E-state index in [1.54, 1.807) is 0 Å². The molecule has 0 spiro atoms. The van der Waals surface area contributed by atoms with Gasteiger partial charge in [-0.2, -0.15) is 10.2 Å². The molecule has 0 amide bonds. The SMILES string of the molecule is CCCNC(C)C(CC)c1cnnc2ccccc12. The molecule has 2 atom stereocenters. The highest BCUT2D eigenvalue weighted by Crippen LogP contribution is 2.28. The summed E-state index contributed by atoms with van der Waals surface area (Å²) in [4.78, 5) is 0. The van der Waals surface area contributed by atoms with Crippen molar-refractivity contribution in [1.29, 1.82) is 0 Å². The third-order valence-corrected chi connectivity index (χ3v) is 3.74. The van der Waals surface area contributed by atoms with Crippen LogP contribution in [-0.4, -0.2) is 22.8 Å². The lowest BCUT2D eigenvalue weighted by Gasteiger charge is -2.25. The van der Waals surface area contributed by atoms with Crippen LogP contribution in [0.25, 0.3) is 10.9 Å². The summed E-state index contributed by atoms with van der Waals surface area (Å²) in [5.74, 6) is 0.479. The van der Waals surface area contributed by atoms with Crippen LogP contribution in [0.4, 0.5) is 0 Å². The number of hydrogen-bond acceptors (Lipinski definition) is 3. The number of aromatic nitrogens is 2. The third kappa shape index (κ3) is 3.10. The maximum absolute atomic E-state index is 4.21. The molecule has 1 N–H and O–H groups in total. The number of rotatable bonds is 6. The van der Waals surface area contributed by atoms with E-state index in [0.717, 1.165) is 24.9 Å². The minimum absolute atomic E-state index is 0.456. The lowest BCUT2D eigenvalue weighted by atomic mass is 9.89. The number of benzene rings is 1. The summed E-state index contributed by atoms with van der Waals surface area (Å²) in [7, 11) is 0. The lowest BCUT2D eigenvalue weighted by Crippen LogP contribution is -2.32. The summed E-state index contributed by atoms with van der Waals surface area (Å²) in [6.07, 6.45) is 4.20. The van der Waals surface area contributed by atoms with Gasteiger partial charge in [0.15, 0.2) is 0 Å². The summed E-state index contributed by atoms with van der Waals surface area (Å²) >= 11 is 0. The van der Waals surface area contributed by atoms with Gasteiger partial charge < -0.3 is 5.32 Å². The molecule has 3 nitrogen and oxygen atoms in total. The zero-order valence-corrected chi connectivity index (χ0v) is 12.1. The summed E-state index contributed by atoms with van der Waals surface area (Å²) in [6, 6.07) is 8.72. The molecule has 0 radical (unpaired) electrons. The molecule has 0 saturated carbocycles. The van der Waals surface area contributed by atoms with Gasteiger partial charge in [-0.3, -0.25) is 0 Å². The van der Waals surface area contributed by atoms with E-state index in [1.807, 2.05) is 18.3 Å². The molecule has 0 fully saturated rings. The monoisotopic (exact) mass is 257 g/mol. The summed E-state index contributed by atoms with van der Waals surface area (Å²) in [5, 5.41) is 13.2. The second kappa shape index (κ2) is 6.62. The van der Waals surface area contributed by atoms with Gasteiger partial charge >= 0.3 is 0 Å². The fourth-order valence-electron chi connectivity index (χ4n) is 2.68. The molecule has 1 aromatic heterocycles. The Kier molecular flexibility index (Phi) is 4.86. The van der Waals surface area contributed by atoms with Crippen molar-refractivity contribution in [2.75, 3.05) is 6.54 Å². The van der Waals surface area contributed by atoms with E-state index >= 15 is 0 Å². The van der Waals surface area contributed by atoms with Crippen LogP contribution < -0.4 is 5.32 Å². The Morgan fingerprint density at radius 2 is 2.00 bits per heavy atom. The van der Waals surface area contributed by atoms with Crippen LogP contribution in [0.1, 0.15) is 45.1 Å². The topological polar surface area (TPSA) is 37.8 Å². The average molecular weight is 257 g/mol. The zero-order valence-electron chi connectivity index (χ0n) is 12.1. The third-order valence-electron chi connectivity index (χ3n) is 3.74. The molecule has 19 heavy (non-hydrogen) atoms. The van der Waals surface area contributed by atoms with Gasteiger partial charge in [-0.15, -0.1) is 0 Å². The molecule has 102 valence electrons. The standard InChI is InChI=1S/C16H23N3/c1-4-10-17-12(3)13(5-2)15-11-18-19-16-9-7-6-8-14(15)16/h6-9,11-13,17H,4-5,10H2,1-3H3. The first-order chi connectivity index (χ1) is 9.27. The van der Waals surface area contributed by atoms with Crippen LogP contribution in [0.5, 0.6) is 0 Å². The maximum atomic E-state index is 4.21. The van der Waals surface area contributed by atoms with Gasteiger partial charge in [0.25, 0.3) is 0 Å². The molecule has 0 saturated heterocycles. The Bertz CT molecular complexity index is 519. The molecule has 1 aromatic carbocycles. The largest absolute Gasteiger partial charge is 0.314 e. The van der Waals surface area contributed by atoms with E-state index in [9.17, 15) is 0 Å². The Morgan fingerprint density at radius 3 is 2.74 bits per heavy atom. The van der Waals surface area contributed by atoms with Gasteiger partial charge in [-0.25, -0.2) is 0 Å². The van der Waals surface area contributed by atoms with Gasteiger partial charge in [0.2, 0.25) is 0 Å². The van der Waals surface area contributed by atoms with Gasteiger partial charge in [-0.1, -0.05) is 32.0 Å². The first-order valence-electron chi connectivity index (χ1n) is 7.21. The van der Waals surface area contributed by atoms with Crippen molar-refractivity contribution >= 4 is 10.9 Å². The summed E-state index contributed by atoms with van der Waals surface area (Å²) < 4.78 is 0. The molecule has 0 bridgehead atoms. The number of fused-ring (bicyclic) bond motifs is 1. The molecule has 1 heterocycles. The second-order valence-electron chi connectivity index (χ2n) is 5.07. The molecule has 2 rings (SSSR count). The van der Waals surface area contributed by atoms with Crippen molar-refractivity contribution < 1.29 is 0 Å². The maximum Gasteiger partial charge on any atom is 0.0932 e. The van der Waals surface area contributed by atoms with Crippen molar-refractivity contribution in [3.63, 3.8) is 0 Å². The Morgan fingerprint density at radius 1 is 1.21 bits per heavy atom. The number of nitrogens with zero attached hydrogens (tertiary/aromatic N) is 2. The minimum atomic E-state index is 0.456. The highest BCUT2D eigenvalue weighted by atomic mass is 15.1. The van der Waals surface area contributed by atoms with Crippen molar-refractivity contribution in [2.45, 2.75) is 45.6 Å². The second-order valence-corrected chi connectivity index (χ2v) is 5.07. The van der Waals surface area contributed by atoms with Crippen LogP contribution >= 0.6 is 0 Å². The van der Waals surface area contributed by atoms with Gasteiger partial charge in [0.05, 0.1) is 11.7 Å². The summed E-state index contributed by atoms with van der Waals surface area (Å²) in [6.45, 7) is 7.77. The van der Waals surface area contributed by atoms with E-state index < -0.39 is 0 Å². The van der Waals surface area contributed by atoms with Crippen LogP contribution in [0.15, 0.2) is 30.5 Å². The number of nitrogens with one attached hydrogen (secondary N) is 1. The lowest BCUT2D eigenvalue weighted by molar-refractivity contribution is 0.451. The van der Waals surface area contributed by atoms with E-state index in [0.29, 0.717) is 12.0 Å². The highest BCUT2D eigenvalue weighted by molar-refractivity contribution is 5.81. The molecule has 0 aliphatic carbocycles. The predicted molar refractivity (Wildman–Crippen MR) is 80.3 cm³/mol. The molecular formula is C16H23N3. The van der Waals surface area contributed by atoms with E-state index in [1.165, 1.54) is 10.9 Å². The zero-order chi connectivity index (χ0) is 13.7. The molecule has 2 aromatic rings. The summed E-state index contributed by atoms with van der Waals surface area (Å²) in [5.41, 5.74) is 2.30. The molecule has 3 heteroatoms. The van der Waals surface area contributed by atoms with Gasteiger partial charge in [-0.05, 0) is 37.9 Å². The fourth-order valence-corrected chi connectivity index (χ4v) is 2.68. The van der Waals surface area contributed by atoms with Crippen molar-refractivity contribution in [1.82, 2.24) is 15.5 Å². The molecule has 0 aliphatic rings. The van der Waals surface area contributed by atoms with Crippen LogP contribution in [0.3, 0.4) is 0 Å². The average Bonchev–Trinajstić information content (AvgIpc) is 2.46. The Hall–Kier alpha value is -1.48. The quantitative estimate of drug-likeness (QED) is 0.860. The van der Waals surface area contributed by atoms with E-state index in [-0.39, 0.29) is 0 Å². The molecule has 2 unspecified atom stereocenters.